The number of nitrogens with one attached hydrogen (secondary N) is 4. The number of benzene rings is 4. The Balaban J connectivity index is 1.62. The highest BCUT2D eigenvalue weighted by atomic mass is 19.4. The van der Waals surface area contributed by atoms with E-state index in [0.717, 1.165) is 12.1 Å². The van der Waals surface area contributed by atoms with E-state index in [-0.39, 0.29) is 42.2 Å². The molecule has 0 radical (unpaired) electrons. The molecule has 0 saturated heterocycles. The highest BCUT2D eigenvalue weighted by Gasteiger charge is 2.48. The van der Waals surface area contributed by atoms with E-state index in [4.69, 9.17) is 4.74 Å². The van der Waals surface area contributed by atoms with Crippen LogP contribution in [0.2, 0.25) is 0 Å². The number of rotatable bonds is 15. The third-order valence-electron chi connectivity index (χ3n) is 8.46. The second kappa shape index (κ2) is 18.2. The molecule has 4 rings (SSSR count). The SMILES string of the molecule is CCNC(=O)C(COC(=O)Cc1ccc(NC(=O)c2ccccc2-c2ccc(C(F)(F)F)cc2)c(C(=O)NCC(C)C)c1)(C(=O)NCC)c1ccccc1. The topological polar surface area (TPSA) is 143 Å². The largest absolute Gasteiger partial charge is 0.463 e. The van der Waals surface area contributed by atoms with Gasteiger partial charge in [0, 0.05) is 25.2 Å². The van der Waals surface area contributed by atoms with Gasteiger partial charge in [0.1, 0.15) is 6.61 Å². The van der Waals surface area contributed by atoms with Gasteiger partial charge in [0.05, 0.1) is 23.2 Å². The zero-order chi connectivity index (χ0) is 39.5. The first-order valence-corrected chi connectivity index (χ1v) is 17.5. The maximum absolute atomic E-state index is 13.7. The van der Waals surface area contributed by atoms with Crippen molar-refractivity contribution in [3.8, 4) is 11.1 Å². The second-order valence-corrected chi connectivity index (χ2v) is 12.9. The number of hydrogen-bond acceptors (Lipinski definition) is 6. The van der Waals surface area contributed by atoms with Gasteiger partial charge in [-0.25, -0.2) is 0 Å². The maximum Gasteiger partial charge on any atom is 0.416 e. The second-order valence-electron chi connectivity index (χ2n) is 12.9. The first-order chi connectivity index (χ1) is 25.7. The number of esters is 1. The van der Waals surface area contributed by atoms with Gasteiger partial charge in [0.15, 0.2) is 5.41 Å². The van der Waals surface area contributed by atoms with Gasteiger partial charge >= 0.3 is 12.1 Å². The Labute approximate surface area is 311 Å². The zero-order valence-electron chi connectivity index (χ0n) is 30.4. The molecule has 4 aromatic rings. The van der Waals surface area contributed by atoms with Crippen LogP contribution in [-0.2, 0) is 37.1 Å². The molecule has 0 fully saturated rings. The van der Waals surface area contributed by atoms with E-state index in [2.05, 4.69) is 21.3 Å². The van der Waals surface area contributed by atoms with Crippen LogP contribution in [0.5, 0.6) is 0 Å². The molecule has 0 heterocycles. The van der Waals surface area contributed by atoms with Gasteiger partial charge < -0.3 is 26.0 Å². The first kappa shape index (κ1) is 40.8. The summed E-state index contributed by atoms with van der Waals surface area (Å²) in [5, 5.41) is 10.9. The van der Waals surface area contributed by atoms with Crippen molar-refractivity contribution < 1.29 is 41.9 Å². The third-order valence-corrected chi connectivity index (χ3v) is 8.46. The molecule has 0 spiro atoms. The Morgan fingerprint density at radius 2 is 1.30 bits per heavy atom. The lowest BCUT2D eigenvalue weighted by molar-refractivity contribution is -0.150. The van der Waals surface area contributed by atoms with E-state index in [1.54, 1.807) is 62.4 Å². The monoisotopic (exact) mass is 744 g/mol. The Hall–Kier alpha value is -5.98. The Bertz CT molecular complexity index is 1950. The van der Waals surface area contributed by atoms with E-state index < -0.39 is 53.4 Å². The van der Waals surface area contributed by atoms with Crippen molar-refractivity contribution in [3.63, 3.8) is 0 Å². The molecular weight excluding hydrogens is 701 g/mol. The Kier molecular flexibility index (Phi) is 13.7. The Morgan fingerprint density at radius 3 is 1.89 bits per heavy atom. The van der Waals surface area contributed by atoms with Crippen molar-refractivity contribution in [3.05, 3.63) is 125 Å². The average molecular weight is 745 g/mol. The highest BCUT2D eigenvalue weighted by molar-refractivity contribution is 6.12. The number of amides is 4. The summed E-state index contributed by atoms with van der Waals surface area (Å²) in [5.74, 6) is -3.11. The minimum absolute atomic E-state index is 0.0459. The van der Waals surface area contributed by atoms with Gasteiger partial charge in [-0.1, -0.05) is 80.6 Å². The summed E-state index contributed by atoms with van der Waals surface area (Å²) < 4.78 is 45.2. The lowest BCUT2D eigenvalue weighted by Crippen LogP contribution is -2.57. The predicted molar refractivity (Wildman–Crippen MR) is 199 cm³/mol. The smallest absolute Gasteiger partial charge is 0.416 e. The van der Waals surface area contributed by atoms with Crippen LogP contribution in [0.3, 0.4) is 0 Å². The number of ether oxygens (including phenoxy) is 1. The summed E-state index contributed by atoms with van der Waals surface area (Å²) in [6, 6.07) is 23.5. The summed E-state index contributed by atoms with van der Waals surface area (Å²) in [6.45, 7) is 7.40. The number of hydrogen-bond donors (Lipinski definition) is 4. The number of anilines is 1. The number of halogens is 3. The number of likely N-dealkylation sites (N-methyl/N-ethyl adjacent to an activating group) is 2. The Morgan fingerprint density at radius 1 is 0.685 bits per heavy atom. The molecule has 0 unspecified atom stereocenters. The third kappa shape index (κ3) is 9.91. The van der Waals surface area contributed by atoms with Crippen molar-refractivity contribution in [2.45, 2.75) is 45.7 Å². The molecule has 0 aromatic heterocycles. The average Bonchev–Trinajstić information content (AvgIpc) is 3.15. The normalized spacial score (nSPS) is 11.4. The van der Waals surface area contributed by atoms with E-state index in [0.29, 0.717) is 28.8 Å². The number of carbonyl (C=O) groups excluding carboxylic acids is 5. The van der Waals surface area contributed by atoms with Gasteiger partial charge in [-0.05, 0) is 72.4 Å². The lowest BCUT2D eigenvalue weighted by Gasteiger charge is -2.31. The van der Waals surface area contributed by atoms with Crippen LogP contribution in [0.1, 0.15) is 65.1 Å². The molecule has 4 aromatic carbocycles. The van der Waals surface area contributed by atoms with Gasteiger partial charge in [0.25, 0.3) is 11.8 Å². The summed E-state index contributed by atoms with van der Waals surface area (Å²) >= 11 is 0. The number of alkyl halides is 3. The van der Waals surface area contributed by atoms with Crippen molar-refractivity contribution >= 4 is 35.3 Å². The molecule has 0 aliphatic heterocycles. The predicted octanol–water partition coefficient (Wildman–Crippen LogP) is 6.31. The van der Waals surface area contributed by atoms with Crippen LogP contribution >= 0.6 is 0 Å². The van der Waals surface area contributed by atoms with Gasteiger partial charge in [-0.3, -0.25) is 24.0 Å². The minimum Gasteiger partial charge on any atom is -0.463 e. The molecule has 54 heavy (non-hydrogen) atoms. The molecule has 0 saturated carbocycles. The van der Waals surface area contributed by atoms with E-state index >= 15 is 0 Å². The molecule has 4 N–H and O–H groups in total. The van der Waals surface area contributed by atoms with Crippen LogP contribution in [0.15, 0.2) is 97.1 Å². The van der Waals surface area contributed by atoms with Gasteiger partial charge in [-0.15, -0.1) is 0 Å². The summed E-state index contributed by atoms with van der Waals surface area (Å²) in [7, 11) is 0. The van der Waals surface area contributed by atoms with Crippen LogP contribution in [0.25, 0.3) is 11.1 Å². The minimum atomic E-state index is -4.52. The van der Waals surface area contributed by atoms with Crippen molar-refractivity contribution in [1.29, 1.82) is 0 Å². The molecule has 13 heteroatoms. The molecule has 284 valence electrons. The van der Waals surface area contributed by atoms with Crippen LogP contribution in [0.4, 0.5) is 18.9 Å². The fraction of sp³-hybridized carbons (Fsp3) is 0.293. The van der Waals surface area contributed by atoms with Crippen LogP contribution < -0.4 is 21.3 Å². The maximum atomic E-state index is 13.7. The fourth-order valence-electron chi connectivity index (χ4n) is 5.68. The molecule has 0 aliphatic carbocycles. The lowest BCUT2D eigenvalue weighted by atomic mass is 9.79. The standard InChI is InChI=1S/C41H43F3N4O6/c1-5-45-38(52)40(39(53)46-6-2,29-12-8-7-9-13-29)25-54-35(49)23-27-16-21-34(33(22-27)36(50)47-24-26(3)4)48-37(51)32-15-11-10-14-31(32)28-17-19-30(20-18-28)41(42,43)44/h7-22,26H,5-6,23-25H2,1-4H3,(H,45,52)(H,46,53)(H,47,50)(H,48,51). The molecular formula is C41H43F3N4O6. The summed E-state index contributed by atoms with van der Waals surface area (Å²) in [6.07, 6.45) is -4.86. The number of carbonyl (C=O) groups is 5. The van der Waals surface area contributed by atoms with Crippen molar-refractivity contribution in [1.82, 2.24) is 16.0 Å². The quantitative estimate of drug-likeness (QED) is 0.0831. The first-order valence-electron chi connectivity index (χ1n) is 17.5. The van der Waals surface area contributed by atoms with Crippen molar-refractivity contribution in [2.24, 2.45) is 5.92 Å². The zero-order valence-corrected chi connectivity index (χ0v) is 30.4. The fourth-order valence-corrected chi connectivity index (χ4v) is 5.68. The van der Waals surface area contributed by atoms with Gasteiger partial charge in [-0.2, -0.15) is 13.2 Å². The van der Waals surface area contributed by atoms with Gasteiger partial charge in [0.2, 0.25) is 11.8 Å². The molecule has 0 atom stereocenters. The van der Waals surface area contributed by atoms with Crippen LogP contribution in [-0.4, -0.2) is 55.8 Å². The van der Waals surface area contributed by atoms with E-state index in [1.807, 2.05) is 13.8 Å². The highest BCUT2D eigenvalue weighted by Crippen LogP contribution is 2.32. The molecule has 0 aliphatic rings. The summed E-state index contributed by atoms with van der Waals surface area (Å²) in [4.78, 5) is 67.4. The summed E-state index contributed by atoms with van der Waals surface area (Å²) in [5.41, 5.74) is -0.948. The molecule has 0 bridgehead atoms. The molecule has 4 amide bonds. The van der Waals surface area contributed by atoms with Crippen LogP contribution in [0, 0.1) is 5.92 Å². The van der Waals surface area contributed by atoms with Crippen molar-refractivity contribution in [2.75, 3.05) is 31.6 Å². The van der Waals surface area contributed by atoms with E-state index in [1.165, 1.54) is 36.4 Å². The molecule has 10 nitrogen and oxygen atoms in total. The van der Waals surface area contributed by atoms with E-state index in [9.17, 15) is 37.1 Å².